The number of hydrogen-bond acceptors (Lipinski definition) is 6. The molecule has 0 amide bonds. The third-order valence-corrected chi connectivity index (χ3v) is 8.87. The molecule has 1 aliphatic heterocycles. The highest BCUT2D eigenvalue weighted by atomic mass is 32.2. The molecule has 2 aromatic rings. The van der Waals surface area contributed by atoms with Crippen LogP contribution in [-0.4, -0.2) is 43.2 Å². The Labute approximate surface area is 188 Å². The van der Waals surface area contributed by atoms with Crippen LogP contribution in [0.15, 0.2) is 46.2 Å². The lowest BCUT2D eigenvalue weighted by Crippen LogP contribution is -2.38. The minimum Gasteiger partial charge on any atom is -0.507 e. The van der Waals surface area contributed by atoms with Gasteiger partial charge in [0.05, 0.1) is 26.8 Å². The van der Waals surface area contributed by atoms with Crippen LogP contribution in [0.3, 0.4) is 0 Å². The second-order valence-corrected chi connectivity index (χ2v) is 11.0. The Kier molecular flexibility index (Phi) is 6.91. The minimum atomic E-state index is -3.64. The number of thioether (sulfide) groups is 1. The van der Waals surface area contributed by atoms with Gasteiger partial charge in [-0.1, -0.05) is 26.7 Å². The van der Waals surface area contributed by atoms with E-state index in [1.165, 1.54) is 30.0 Å². The first kappa shape index (κ1) is 23.5. The molecule has 0 saturated carbocycles. The van der Waals surface area contributed by atoms with E-state index in [1.54, 1.807) is 18.2 Å². The van der Waals surface area contributed by atoms with Gasteiger partial charge in [-0.15, -0.1) is 11.8 Å². The Balaban J connectivity index is 2.24. The van der Waals surface area contributed by atoms with Crippen molar-refractivity contribution in [3.05, 3.63) is 42.0 Å². The molecule has 0 spiro atoms. The highest BCUT2D eigenvalue weighted by molar-refractivity contribution is 7.98. The molecule has 3 rings (SSSR count). The maximum atomic E-state index is 13.5. The topological polar surface area (TPSA) is 94.9 Å². The van der Waals surface area contributed by atoms with E-state index in [1.807, 2.05) is 18.1 Å². The number of nitrogens with zero attached hydrogens (tertiary/aromatic N) is 1. The number of carbonyl (C=O) groups is 1. The number of carboxylic acids is 1. The molecule has 0 aromatic heterocycles. The summed E-state index contributed by atoms with van der Waals surface area (Å²) in [5.41, 5.74) is 0.983. The van der Waals surface area contributed by atoms with Gasteiger partial charge in [-0.2, -0.15) is 0 Å². The quantitative estimate of drug-likeness (QED) is 0.536. The van der Waals surface area contributed by atoms with E-state index in [9.17, 15) is 23.4 Å². The van der Waals surface area contributed by atoms with Crippen molar-refractivity contribution in [2.75, 3.05) is 23.5 Å². The van der Waals surface area contributed by atoms with E-state index >= 15 is 0 Å². The van der Waals surface area contributed by atoms with Crippen molar-refractivity contribution in [2.24, 2.45) is 5.41 Å². The van der Waals surface area contributed by atoms with Crippen molar-refractivity contribution >= 4 is 38.9 Å². The number of aromatic hydroxyl groups is 1. The number of hydrogen-bond donors (Lipinski definition) is 2. The van der Waals surface area contributed by atoms with Gasteiger partial charge in [0, 0.05) is 23.7 Å². The summed E-state index contributed by atoms with van der Waals surface area (Å²) >= 11 is 1.35. The van der Waals surface area contributed by atoms with Crippen LogP contribution in [0.2, 0.25) is 0 Å². The third kappa shape index (κ3) is 4.70. The summed E-state index contributed by atoms with van der Waals surface area (Å²) in [4.78, 5) is 14.0. The first-order valence-electron chi connectivity index (χ1n) is 10.4. The molecule has 31 heavy (non-hydrogen) atoms. The number of aromatic carboxylic acids is 1. The molecule has 0 fully saturated rings. The van der Waals surface area contributed by atoms with Crippen molar-refractivity contribution in [3.63, 3.8) is 0 Å². The molecule has 168 valence electrons. The number of anilines is 2. The third-order valence-electron chi connectivity index (χ3n) is 6.11. The lowest BCUT2D eigenvalue weighted by molar-refractivity contribution is 0.0697. The van der Waals surface area contributed by atoms with E-state index in [-0.39, 0.29) is 22.0 Å². The van der Waals surface area contributed by atoms with Gasteiger partial charge in [-0.3, -0.25) is 0 Å². The lowest BCUT2D eigenvalue weighted by atomic mass is 9.81. The number of benzene rings is 2. The van der Waals surface area contributed by atoms with Crippen molar-refractivity contribution in [1.29, 1.82) is 0 Å². The van der Waals surface area contributed by atoms with E-state index in [0.717, 1.165) is 24.9 Å². The van der Waals surface area contributed by atoms with Gasteiger partial charge in [0.15, 0.2) is 9.84 Å². The first-order chi connectivity index (χ1) is 14.7. The average molecular weight is 464 g/mol. The zero-order valence-electron chi connectivity index (χ0n) is 18.1. The summed E-state index contributed by atoms with van der Waals surface area (Å²) in [5, 5.41) is 19.7. The fraction of sp³-hybridized carbons (Fsp3) is 0.435. The predicted octanol–water partition coefficient (Wildman–Crippen LogP) is 5.32. The highest BCUT2D eigenvalue weighted by Gasteiger charge is 2.41. The monoisotopic (exact) mass is 463 g/mol. The Hall–Kier alpha value is -2.19. The molecule has 1 heterocycles. The summed E-state index contributed by atoms with van der Waals surface area (Å²) in [5.74, 6) is -1.04. The maximum absolute atomic E-state index is 13.5. The number of phenols is 1. The zero-order valence-corrected chi connectivity index (χ0v) is 19.7. The number of sulfone groups is 1. The SMILES string of the molecule is CCCCC1(CC)CN(c2ccc(C(=O)O)cc2)c2cc(SC)c(O)cc2S(=O)(=O)C1. The van der Waals surface area contributed by atoms with Crippen molar-refractivity contribution in [3.8, 4) is 5.75 Å². The van der Waals surface area contributed by atoms with Gasteiger partial charge >= 0.3 is 5.97 Å². The number of fused-ring (bicyclic) bond motifs is 1. The van der Waals surface area contributed by atoms with E-state index in [4.69, 9.17) is 0 Å². The molecule has 8 heteroatoms. The van der Waals surface area contributed by atoms with Crippen LogP contribution in [0.4, 0.5) is 11.4 Å². The molecular weight excluding hydrogens is 434 g/mol. The Morgan fingerprint density at radius 2 is 1.87 bits per heavy atom. The van der Waals surface area contributed by atoms with Gasteiger partial charge in [0.25, 0.3) is 0 Å². The van der Waals surface area contributed by atoms with Crippen LogP contribution in [0.5, 0.6) is 5.75 Å². The molecule has 1 aliphatic rings. The second-order valence-electron chi connectivity index (χ2n) is 8.15. The lowest BCUT2D eigenvalue weighted by Gasteiger charge is -2.36. The highest BCUT2D eigenvalue weighted by Crippen LogP contribution is 2.46. The number of phenolic OH excluding ortho intramolecular Hbond substituents is 1. The summed E-state index contributed by atoms with van der Waals surface area (Å²) in [6, 6.07) is 9.59. The standard InChI is InChI=1S/C23H29NO5S2/c1-4-6-11-23(5-2)14-24(17-9-7-16(8-10-17)22(26)27)18-12-20(30-3)19(25)13-21(18)31(28,29)15-23/h7-10,12-13,25H,4-6,11,14-15H2,1-3H3,(H,26,27). The summed E-state index contributed by atoms with van der Waals surface area (Å²) in [6.45, 7) is 4.62. The average Bonchev–Trinajstić information content (AvgIpc) is 2.84. The summed E-state index contributed by atoms with van der Waals surface area (Å²) < 4.78 is 27.0. The fourth-order valence-electron chi connectivity index (χ4n) is 4.22. The van der Waals surface area contributed by atoms with Crippen LogP contribution < -0.4 is 4.90 Å². The van der Waals surface area contributed by atoms with Crippen LogP contribution >= 0.6 is 11.8 Å². The van der Waals surface area contributed by atoms with Gasteiger partial charge in [0.2, 0.25) is 0 Å². The molecule has 0 radical (unpaired) electrons. The molecule has 0 bridgehead atoms. The van der Waals surface area contributed by atoms with Crippen molar-refractivity contribution in [1.82, 2.24) is 0 Å². The van der Waals surface area contributed by atoms with Gasteiger partial charge in [-0.25, -0.2) is 13.2 Å². The second kappa shape index (κ2) is 9.12. The van der Waals surface area contributed by atoms with E-state index in [0.29, 0.717) is 23.5 Å². The Morgan fingerprint density at radius 3 is 2.42 bits per heavy atom. The molecule has 2 aromatic carbocycles. The zero-order chi connectivity index (χ0) is 22.8. The molecule has 0 saturated heterocycles. The Morgan fingerprint density at radius 1 is 1.19 bits per heavy atom. The van der Waals surface area contributed by atoms with Crippen LogP contribution in [0.1, 0.15) is 49.9 Å². The molecule has 0 aliphatic carbocycles. The fourth-order valence-corrected chi connectivity index (χ4v) is 6.89. The van der Waals surface area contributed by atoms with Crippen LogP contribution in [0, 0.1) is 5.41 Å². The molecule has 1 atom stereocenters. The Bertz CT molecular complexity index is 1070. The largest absolute Gasteiger partial charge is 0.507 e. The number of rotatable bonds is 7. The predicted molar refractivity (Wildman–Crippen MR) is 125 cm³/mol. The van der Waals surface area contributed by atoms with Gasteiger partial charge in [-0.05, 0) is 49.4 Å². The summed E-state index contributed by atoms with van der Waals surface area (Å²) in [6.07, 6.45) is 5.20. The molecule has 1 unspecified atom stereocenters. The molecule has 2 N–H and O–H groups in total. The van der Waals surface area contributed by atoms with Crippen molar-refractivity contribution < 1.29 is 23.4 Å². The summed E-state index contributed by atoms with van der Waals surface area (Å²) in [7, 11) is -3.64. The van der Waals surface area contributed by atoms with Crippen LogP contribution in [-0.2, 0) is 9.84 Å². The van der Waals surface area contributed by atoms with Crippen LogP contribution in [0.25, 0.3) is 0 Å². The van der Waals surface area contributed by atoms with Gasteiger partial charge < -0.3 is 15.1 Å². The maximum Gasteiger partial charge on any atom is 0.335 e. The molecular formula is C23H29NO5S2. The van der Waals surface area contributed by atoms with E-state index < -0.39 is 21.2 Å². The molecule has 6 nitrogen and oxygen atoms in total. The van der Waals surface area contributed by atoms with Crippen molar-refractivity contribution in [2.45, 2.75) is 49.3 Å². The minimum absolute atomic E-state index is 0.0191. The number of unbranched alkanes of at least 4 members (excludes halogenated alkanes) is 1. The van der Waals surface area contributed by atoms with Gasteiger partial charge in [0.1, 0.15) is 5.75 Å². The normalized spacial score (nSPS) is 20.2. The smallest absolute Gasteiger partial charge is 0.335 e. The van der Waals surface area contributed by atoms with E-state index in [2.05, 4.69) is 6.92 Å². The number of carboxylic acid groups (broad SMARTS) is 1. The first-order valence-corrected chi connectivity index (χ1v) is 13.3.